The van der Waals surface area contributed by atoms with Gasteiger partial charge in [-0.3, -0.25) is 4.79 Å². The lowest BCUT2D eigenvalue weighted by Gasteiger charge is -2.31. The number of amides is 1. The predicted molar refractivity (Wildman–Crippen MR) is 103 cm³/mol. The number of nitrogens with zero attached hydrogens (tertiary/aromatic N) is 7. The molecule has 27 heavy (non-hydrogen) atoms. The molecule has 1 aliphatic rings. The van der Waals surface area contributed by atoms with Crippen molar-refractivity contribution in [3.05, 3.63) is 23.5 Å². The highest BCUT2D eigenvalue weighted by molar-refractivity contribution is 7.15. The fourth-order valence-electron chi connectivity index (χ4n) is 3.20. The van der Waals surface area contributed by atoms with Crippen LogP contribution in [0.3, 0.4) is 0 Å². The lowest BCUT2D eigenvalue weighted by Crippen LogP contribution is -2.38. The third-order valence-electron chi connectivity index (χ3n) is 4.78. The van der Waals surface area contributed by atoms with Crippen molar-refractivity contribution in [3.63, 3.8) is 0 Å². The standard InChI is InChI=1S/C17H22N8OS/c1-2-3-4-15-21-22-17(27-15)19-16(26)12-7-9-24(10-8-12)14-6-5-13-20-18-11-25(13)23-14/h5-6,11-12H,2-4,7-10H2,1H3,(H,19,22,26). The Morgan fingerprint density at radius 3 is 2.93 bits per heavy atom. The minimum absolute atomic E-state index is 0.0112. The van der Waals surface area contributed by atoms with Crippen molar-refractivity contribution < 1.29 is 4.79 Å². The largest absolute Gasteiger partial charge is 0.355 e. The SMILES string of the molecule is CCCCc1nnc(NC(=O)C2CCN(c3ccc4nncn4n3)CC2)s1. The molecule has 1 amide bonds. The van der Waals surface area contributed by atoms with Crippen molar-refractivity contribution in [2.45, 2.75) is 39.0 Å². The molecule has 0 aromatic carbocycles. The Bertz CT molecular complexity index is 914. The van der Waals surface area contributed by atoms with Gasteiger partial charge >= 0.3 is 0 Å². The van der Waals surface area contributed by atoms with Crippen molar-refractivity contribution in [2.75, 3.05) is 23.3 Å². The molecule has 9 nitrogen and oxygen atoms in total. The summed E-state index contributed by atoms with van der Waals surface area (Å²) in [7, 11) is 0. The smallest absolute Gasteiger partial charge is 0.229 e. The van der Waals surface area contributed by atoms with E-state index < -0.39 is 0 Å². The van der Waals surface area contributed by atoms with Gasteiger partial charge in [0.1, 0.15) is 17.2 Å². The first kappa shape index (κ1) is 17.8. The second kappa shape index (κ2) is 7.95. The summed E-state index contributed by atoms with van der Waals surface area (Å²) in [4.78, 5) is 14.7. The maximum absolute atomic E-state index is 12.5. The quantitative estimate of drug-likeness (QED) is 0.693. The predicted octanol–water partition coefficient (Wildman–Crippen LogP) is 2.17. The maximum Gasteiger partial charge on any atom is 0.229 e. The summed E-state index contributed by atoms with van der Waals surface area (Å²) in [5.74, 6) is 0.906. The van der Waals surface area contributed by atoms with Crippen molar-refractivity contribution in [1.82, 2.24) is 30.0 Å². The number of rotatable bonds is 6. The molecule has 10 heteroatoms. The van der Waals surface area contributed by atoms with Gasteiger partial charge in [-0.25, -0.2) is 0 Å². The maximum atomic E-state index is 12.5. The fourth-order valence-corrected chi connectivity index (χ4v) is 3.98. The summed E-state index contributed by atoms with van der Waals surface area (Å²) in [6, 6.07) is 3.85. The van der Waals surface area contributed by atoms with Gasteiger partial charge in [0.2, 0.25) is 11.0 Å². The van der Waals surface area contributed by atoms with Gasteiger partial charge in [0, 0.05) is 25.4 Å². The summed E-state index contributed by atoms with van der Waals surface area (Å²) < 4.78 is 1.67. The molecule has 1 saturated heterocycles. The Morgan fingerprint density at radius 1 is 1.26 bits per heavy atom. The monoisotopic (exact) mass is 386 g/mol. The molecule has 0 atom stereocenters. The minimum Gasteiger partial charge on any atom is -0.355 e. The third kappa shape index (κ3) is 4.05. The van der Waals surface area contributed by atoms with Gasteiger partial charge in [0.25, 0.3) is 0 Å². The molecule has 1 N–H and O–H groups in total. The second-order valence-electron chi connectivity index (χ2n) is 6.68. The van der Waals surface area contributed by atoms with E-state index in [9.17, 15) is 4.79 Å². The van der Waals surface area contributed by atoms with E-state index in [1.54, 1.807) is 10.8 Å². The van der Waals surface area contributed by atoms with Gasteiger partial charge in [-0.2, -0.15) is 4.52 Å². The summed E-state index contributed by atoms with van der Waals surface area (Å²) in [5.41, 5.74) is 0.725. The Balaban J connectivity index is 1.31. The molecule has 3 aromatic rings. The van der Waals surface area contributed by atoms with Crippen LogP contribution in [0.5, 0.6) is 0 Å². The molecular weight excluding hydrogens is 364 g/mol. The van der Waals surface area contributed by atoms with Gasteiger partial charge in [0.05, 0.1) is 0 Å². The molecule has 1 fully saturated rings. The van der Waals surface area contributed by atoms with Crippen LogP contribution in [0.1, 0.15) is 37.6 Å². The van der Waals surface area contributed by atoms with E-state index in [0.29, 0.717) is 5.13 Å². The van der Waals surface area contributed by atoms with Gasteiger partial charge in [-0.05, 0) is 31.4 Å². The number of piperidine rings is 1. The van der Waals surface area contributed by atoms with Crippen LogP contribution in [-0.2, 0) is 11.2 Å². The van der Waals surface area contributed by atoms with E-state index >= 15 is 0 Å². The van der Waals surface area contributed by atoms with Crippen LogP contribution in [0.25, 0.3) is 5.65 Å². The van der Waals surface area contributed by atoms with Crippen LogP contribution in [0.4, 0.5) is 10.9 Å². The molecule has 4 rings (SSSR count). The Kier molecular flexibility index (Phi) is 5.23. The molecule has 0 unspecified atom stereocenters. The molecule has 0 spiro atoms. The second-order valence-corrected chi connectivity index (χ2v) is 7.74. The van der Waals surface area contributed by atoms with E-state index in [0.717, 1.165) is 61.7 Å². The summed E-state index contributed by atoms with van der Waals surface area (Å²) in [5, 5.41) is 25.1. The van der Waals surface area contributed by atoms with Crippen LogP contribution >= 0.6 is 11.3 Å². The number of carbonyl (C=O) groups excluding carboxylic acids is 1. The van der Waals surface area contributed by atoms with Gasteiger partial charge in [-0.1, -0.05) is 24.7 Å². The first-order valence-electron chi connectivity index (χ1n) is 9.28. The summed E-state index contributed by atoms with van der Waals surface area (Å²) in [6.45, 7) is 3.73. The zero-order valence-corrected chi connectivity index (χ0v) is 16.0. The number of hydrogen-bond acceptors (Lipinski definition) is 8. The third-order valence-corrected chi connectivity index (χ3v) is 5.68. The van der Waals surface area contributed by atoms with Crippen LogP contribution < -0.4 is 10.2 Å². The van der Waals surface area contributed by atoms with Crippen molar-refractivity contribution >= 4 is 33.8 Å². The molecule has 1 aliphatic heterocycles. The number of unbranched alkanes of at least 4 members (excludes halogenated alkanes) is 1. The van der Waals surface area contributed by atoms with Gasteiger partial charge < -0.3 is 10.2 Å². The van der Waals surface area contributed by atoms with Gasteiger partial charge in [-0.15, -0.1) is 25.5 Å². The topological polar surface area (TPSA) is 101 Å². The van der Waals surface area contributed by atoms with E-state index in [2.05, 4.69) is 42.6 Å². The van der Waals surface area contributed by atoms with E-state index in [-0.39, 0.29) is 11.8 Å². The molecule has 0 bridgehead atoms. The first-order valence-corrected chi connectivity index (χ1v) is 10.1. The van der Waals surface area contributed by atoms with E-state index in [1.165, 1.54) is 11.3 Å². The summed E-state index contributed by atoms with van der Waals surface area (Å²) in [6.07, 6.45) is 6.31. The lowest BCUT2D eigenvalue weighted by atomic mass is 9.96. The minimum atomic E-state index is -0.0112. The number of aromatic nitrogens is 6. The van der Waals surface area contributed by atoms with Crippen LogP contribution in [0, 0.1) is 5.92 Å². The fraction of sp³-hybridized carbons (Fsp3) is 0.529. The molecular formula is C17H22N8OS. The molecule has 142 valence electrons. The highest BCUT2D eigenvalue weighted by atomic mass is 32.1. The average molecular weight is 386 g/mol. The normalized spacial score (nSPS) is 15.4. The zero-order chi connectivity index (χ0) is 18.6. The first-order chi connectivity index (χ1) is 13.2. The number of hydrogen-bond donors (Lipinski definition) is 1. The highest BCUT2D eigenvalue weighted by Gasteiger charge is 2.26. The van der Waals surface area contributed by atoms with Crippen LogP contribution in [-0.4, -0.2) is 49.0 Å². The number of nitrogens with one attached hydrogen (secondary N) is 1. The average Bonchev–Trinajstić information content (AvgIpc) is 3.35. The van der Waals surface area contributed by atoms with E-state index in [1.807, 2.05) is 12.1 Å². The van der Waals surface area contributed by atoms with Crippen LogP contribution in [0.15, 0.2) is 18.5 Å². The van der Waals surface area contributed by atoms with Gasteiger partial charge in [0.15, 0.2) is 5.65 Å². The van der Waals surface area contributed by atoms with Crippen molar-refractivity contribution in [1.29, 1.82) is 0 Å². The Morgan fingerprint density at radius 2 is 2.11 bits per heavy atom. The molecule has 3 aromatic heterocycles. The van der Waals surface area contributed by atoms with Crippen molar-refractivity contribution in [2.24, 2.45) is 5.92 Å². The molecule has 4 heterocycles. The lowest BCUT2D eigenvalue weighted by molar-refractivity contribution is -0.120. The molecule has 0 aliphatic carbocycles. The Labute approximate surface area is 160 Å². The number of aryl methyl sites for hydroxylation is 1. The number of anilines is 2. The molecule has 0 radical (unpaired) electrons. The molecule has 0 saturated carbocycles. The van der Waals surface area contributed by atoms with Crippen LogP contribution in [0.2, 0.25) is 0 Å². The number of carbonyl (C=O) groups is 1. The van der Waals surface area contributed by atoms with Crippen molar-refractivity contribution in [3.8, 4) is 0 Å². The Hall–Kier alpha value is -2.62. The number of fused-ring (bicyclic) bond motifs is 1. The zero-order valence-electron chi connectivity index (χ0n) is 15.2. The summed E-state index contributed by atoms with van der Waals surface area (Å²) >= 11 is 1.48. The highest BCUT2D eigenvalue weighted by Crippen LogP contribution is 2.24. The van der Waals surface area contributed by atoms with E-state index in [4.69, 9.17) is 0 Å².